The van der Waals surface area contributed by atoms with Crippen LogP contribution in [0.3, 0.4) is 0 Å². The number of hydrogen-bond acceptors (Lipinski definition) is 3. The molecule has 5 heteroatoms. The standard InChI is InChI=1S/C13H19NO4/c1-7-9(10(8(2)3)11(15)16)14-12(17)18-13(4,5)6/h7H,1-2H2,3-6H3,(H,14,17)(H,15,16)/b10-9-. The summed E-state index contributed by atoms with van der Waals surface area (Å²) in [5.74, 6) is -1.19. The van der Waals surface area contributed by atoms with E-state index in [-0.39, 0.29) is 11.3 Å². The minimum atomic E-state index is -1.19. The Morgan fingerprint density at radius 2 is 1.83 bits per heavy atom. The highest BCUT2D eigenvalue weighted by Gasteiger charge is 2.19. The number of carboxylic acids is 1. The molecule has 0 aromatic rings. The summed E-state index contributed by atoms with van der Waals surface area (Å²) in [6, 6.07) is 0. The average Bonchev–Trinajstić information content (AvgIpc) is 2.11. The number of hydrogen-bond donors (Lipinski definition) is 2. The molecule has 0 saturated carbocycles. The van der Waals surface area contributed by atoms with Crippen molar-refractivity contribution in [2.75, 3.05) is 0 Å². The molecule has 0 atom stereocenters. The van der Waals surface area contributed by atoms with Crippen LogP contribution in [0.2, 0.25) is 0 Å². The predicted octanol–water partition coefficient (Wildman–Crippen LogP) is 2.61. The van der Waals surface area contributed by atoms with Crippen molar-refractivity contribution in [3.8, 4) is 0 Å². The van der Waals surface area contributed by atoms with Crippen LogP contribution in [0.1, 0.15) is 27.7 Å². The van der Waals surface area contributed by atoms with Crippen molar-refractivity contribution in [3.05, 3.63) is 36.1 Å². The number of amides is 1. The van der Waals surface area contributed by atoms with Gasteiger partial charge in [0.05, 0.1) is 11.3 Å². The molecule has 2 N–H and O–H groups in total. The second kappa shape index (κ2) is 6.05. The molecule has 0 radical (unpaired) electrons. The average molecular weight is 253 g/mol. The van der Waals surface area contributed by atoms with E-state index < -0.39 is 17.7 Å². The third-order valence-electron chi connectivity index (χ3n) is 1.75. The number of alkyl carbamates (subject to hydrolysis) is 1. The van der Waals surface area contributed by atoms with Gasteiger partial charge in [-0.1, -0.05) is 13.2 Å². The van der Waals surface area contributed by atoms with E-state index in [0.29, 0.717) is 5.57 Å². The Kier molecular flexibility index (Phi) is 5.36. The van der Waals surface area contributed by atoms with Crippen molar-refractivity contribution in [3.63, 3.8) is 0 Å². The number of ether oxygens (including phenoxy) is 1. The lowest BCUT2D eigenvalue weighted by Crippen LogP contribution is -2.32. The number of carboxylic acid groups (broad SMARTS) is 1. The van der Waals surface area contributed by atoms with Gasteiger partial charge in [-0.3, -0.25) is 5.32 Å². The first-order valence-electron chi connectivity index (χ1n) is 5.34. The first kappa shape index (κ1) is 16.0. The summed E-state index contributed by atoms with van der Waals surface area (Å²) in [5.41, 5.74) is -0.392. The normalized spacial score (nSPS) is 12.2. The van der Waals surface area contributed by atoms with Crippen molar-refractivity contribution >= 4 is 12.1 Å². The molecule has 0 rings (SSSR count). The van der Waals surface area contributed by atoms with E-state index in [1.54, 1.807) is 20.8 Å². The number of rotatable bonds is 4. The molecule has 0 aliphatic rings. The van der Waals surface area contributed by atoms with Gasteiger partial charge in [0.2, 0.25) is 0 Å². The summed E-state index contributed by atoms with van der Waals surface area (Å²) in [7, 11) is 0. The van der Waals surface area contributed by atoms with Crippen molar-refractivity contribution in [2.24, 2.45) is 0 Å². The van der Waals surface area contributed by atoms with Gasteiger partial charge in [-0.05, 0) is 39.3 Å². The smallest absolute Gasteiger partial charge is 0.412 e. The summed E-state index contributed by atoms with van der Waals surface area (Å²) in [5, 5.41) is 11.4. The van der Waals surface area contributed by atoms with Gasteiger partial charge in [0, 0.05) is 0 Å². The quantitative estimate of drug-likeness (QED) is 0.596. The molecule has 0 fully saturated rings. The van der Waals surface area contributed by atoms with Gasteiger partial charge < -0.3 is 9.84 Å². The lowest BCUT2D eigenvalue weighted by Gasteiger charge is -2.20. The Hall–Kier alpha value is -2.04. The molecule has 0 aliphatic heterocycles. The van der Waals surface area contributed by atoms with Crippen molar-refractivity contribution in [1.82, 2.24) is 5.32 Å². The maximum Gasteiger partial charge on any atom is 0.412 e. The van der Waals surface area contributed by atoms with Crippen LogP contribution in [0, 0.1) is 0 Å². The van der Waals surface area contributed by atoms with Crippen LogP contribution in [0.4, 0.5) is 4.79 Å². The number of nitrogens with one attached hydrogen (secondary N) is 1. The van der Waals surface area contributed by atoms with Crippen LogP contribution >= 0.6 is 0 Å². The highest BCUT2D eigenvalue weighted by molar-refractivity contribution is 5.93. The van der Waals surface area contributed by atoms with E-state index >= 15 is 0 Å². The summed E-state index contributed by atoms with van der Waals surface area (Å²) in [4.78, 5) is 22.6. The molecule has 0 saturated heterocycles. The van der Waals surface area contributed by atoms with E-state index in [9.17, 15) is 9.59 Å². The van der Waals surface area contributed by atoms with Crippen LogP contribution in [0.25, 0.3) is 0 Å². The summed E-state index contributed by atoms with van der Waals surface area (Å²) < 4.78 is 5.03. The molecule has 0 aliphatic carbocycles. The Labute approximate surface area is 107 Å². The van der Waals surface area contributed by atoms with Crippen LogP contribution in [-0.2, 0) is 9.53 Å². The molecule has 5 nitrogen and oxygen atoms in total. The molecule has 0 aromatic carbocycles. The third kappa shape index (κ3) is 5.34. The SMILES string of the molecule is C=C/C(NC(=O)OC(C)(C)C)=C(\C(=C)C)C(=O)O. The molecule has 1 amide bonds. The Morgan fingerprint density at radius 1 is 1.33 bits per heavy atom. The van der Waals surface area contributed by atoms with E-state index in [1.807, 2.05) is 0 Å². The monoisotopic (exact) mass is 253 g/mol. The van der Waals surface area contributed by atoms with Crippen LogP contribution in [0.5, 0.6) is 0 Å². The summed E-state index contributed by atoms with van der Waals surface area (Å²) in [6.45, 7) is 13.7. The van der Waals surface area contributed by atoms with Gasteiger partial charge in [-0.15, -0.1) is 0 Å². The number of aliphatic carboxylic acids is 1. The largest absolute Gasteiger partial charge is 0.478 e. The lowest BCUT2D eigenvalue weighted by atomic mass is 10.1. The first-order valence-corrected chi connectivity index (χ1v) is 5.34. The Bertz CT molecular complexity index is 397. The summed E-state index contributed by atoms with van der Waals surface area (Å²) in [6.07, 6.45) is 0.500. The Morgan fingerprint density at radius 3 is 2.11 bits per heavy atom. The fourth-order valence-corrected chi connectivity index (χ4v) is 1.16. The maximum absolute atomic E-state index is 11.5. The first-order chi connectivity index (χ1) is 8.08. The molecule has 18 heavy (non-hydrogen) atoms. The van der Waals surface area contributed by atoms with Gasteiger partial charge in [0.15, 0.2) is 0 Å². The van der Waals surface area contributed by atoms with Gasteiger partial charge >= 0.3 is 12.1 Å². The minimum absolute atomic E-state index is 0.0595. The molecule has 0 heterocycles. The lowest BCUT2D eigenvalue weighted by molar-refractivity contribution is -0.132. The zero-order valence-electron chi connectivity index (χ0n) is 11.2. The van der Waals surface area contributed by atoms with Gasteiger partial charge in [-0.2, -0.15) is 0 Å². The predicted molar refractivity (Wildman–Crippen MR) is 69.0 cm³/mol. The van der Waals surface area contributed by atoms with E-state index in [0.717, 1.165) is 0 Å². The molecule has 100 valence electrons. The number of carbonyl (C=O) groups excluding carboxylic acids is 1. The topological polar surface area (TPSA) is 75.6 Å². The molecule has 0 bridgehead atoms. The molecular weight excluding hydrogens is 234 g/mol. The maximum atomic E-state index is 11.5. The van der Waals surface area contributed by atoms with E-state index in [1.165, 1.54) is 13.0 Å². The fraction of sp³-hybridized carbons (Fsp3) is 0.385. The minimum Gasteiger partial charge on any atom is -0.478 e. The molecule has 0 unspecified atom stereocenters. The highest BCUT2D eigenvalue weighted by Crippen LogP contribution is 2.14. The second-order valence-corrected chi connectivity index (χ2v) is 4.71. The molecule has 0 aromatic heterocycles. The van der Waals surface area contributed by atoms with Crippen molar-refractivity contribution in [1.29, 1.82) is 0 Å². The van der Waals surface area contributed by atoms with E-state index in [2.05, 4.69) is 18.5 Å². The number of allylic oxidation sites excluding steroid dienone is 1. The Balaban J connectivity index is 5.16. The summed E-state index contributed by atoms with van der Waals surface area (Å²) >= 11 is 0. The fourth-order valence-electron chi connectivity index (χ4n) is 1.16. The molecular formula is C13H19NO4. The third-order valence-corrected chi connectivity index (χ3v) is 1.75. The van der Waals surface area contributed by atoms with Gasteiger partial charge in [0.25, 0.3) is 0 Å². The van der Waals surface area contributed by atoms with Crippen molar-refractivity contribution < 1.29 is 19.4 Å². The van der Waals surface area contributed by atoms with Gasteiger partial charge in [0.1, 0.15) is 5.60 Å². The van der Waals surface area contributed by atoms with Gasteiger partial charge in [-0.25, -0.2) is 9.59 Å². The van der Waals surface area contributed by atoms with Crippen LogP contribution < -0.4 is 5.32 Å². The zero-order valence-corrected chi connectivity index (χ0v) is 11.2. The zero-order chi connectivity index (χ0) is 14.5. The second-order valence-electron chi connectivity index (χ2n) is 4.71. The molecule has 0 spiro atoms. The van der Waals surface area contributed by atoms with Crippen LogP contribution in [-0.4, -0.2) is 22.8 Å². The number of carbonyl (C=O) groups is 2. The van der Waals surface area contributed by atoms with E-state index in [4.69, 9.17) is 9.84 Å². The highest BCUT2D eigenvalue weighted by atomic mass is 16.6. The van der Waals surface area contributed by atoms with Crippen molar-refractivity contribution in [2.45, 2.75) is 33.3 Å². The van der Waals surface area contributed by atoms with Crippen LogP contribution in [0.15, 0.2) is 36.1 Å².